The van der Waals surface area contributed by atoms with Gasteiger partial charge in [0, 0.05) is 0 Å². The van der Waals surface area contributed by atoms with E-state index in [1.54, 1.807) is 0 Å². The van der Waals surface area contributed by atoms with Gasteiger partial charge in [-0.15, -0.1) is 22.2 Å². The Morgan fingerprint density at radius 3 is 2.12 bits per heavy atom. The van der Waals surface area contributed by atoms with Crippen molar-refractivity contribution < 1.29 is 0 Å². The predicted octanol–water partition coefficient (Wildman–Crippen LogP) is 3.60. The van der Waals surface area contributed by atoms with Gasteiger partial charge in [-0.1, -0.05) is 35.1 Å². The molecule has 0 rings (SSSR count). The Bertz CT molecular complexity index is 61.5. The Labute approximate surface area is 68.5 Å². The number of halogens is 3. The number of rotatable bonds is 3. The molecule has 0 spiro atoms. The number of hydrogen-bond acceptors (Lipinski definition) is 0. The van der Waals surface area contributed by atoms with Crippen molar-refractivity contribution in [2.24, 2.45) is 0 Å². The summed E-state index contributed by atoms with van der Waals surface area (Å²) in [6, 6.07) is 0.951. The molecule has 0 heterocycles. The van der Waals surface area contributed by atoms with Crippen molar-refractivity contribution in [3.05, 3.63) is 0 Å². The minimum Gasteiger partial charge on any atom is -0.131 e. The smallest absolute Gasteiger partial charge is 0.131 e. The first kappa shape index (κ1) is 9.28. The van der Waals surface area contributed by atoms with E-state index in [1.807, 2.05) is 0 Å². The van der Waals surface area contributed by atoms with Crippen LogP contribution in [0.15, 0.2) is 0 Å². The SMILES string of the molecule is CCCC[Si](Cl)(Cl)Br. The van der Waals surface area contributed by atoms with E-state index in [-0.39, 0.29) is 0 Å². The molecule has 0 bridgehead atoms. The van der Waals surface area contributed by atoms with Crippen LogP contribution in [0.3, 0.4) is 0 Å². The van der Waals surface area contributed by atoms with E-state index in [2.05, 4.69) is 22.2 Å². The summed E-state index contributed by atoms with van der Waals surface area (Å²) in [6.07, 6.45) is 2.30. The van der Waals surface area contributed by atoms with E-state index < -0.39 is 5.31 Å². The van der Waals surface area contributed by atoms with Gasteiger partial charge in [-0.25, -0.2) is 0 Å². The molecule has 0 fully saturated rings. The molecule has 8 heavy (non-hydrogen) atoms. The molecule has 0 aromatic heterocycles. The molecule has 0 saturated carbocycles. The van der Waals surface area contributed by atoms with Gasteiger partial charge in [-0.05, 0) is 6.04 Å². The highest BCUT2D eigenvalue weighted by Gasteiger charge is 2.21. The lowest BCUT2D eigenvalue weighted by molar-refractivity contribution is 0.880. The molecule has 0 aliphatic heterocycles. The fourth-order valence-corrected chi connectivity index (χ4v) is 2.77. The van der Waals surface area contributed by atoms with E-state index in [0.717, 1.165) is 12.5 Å². The highest BCUT2D eigenvalue weighted by Crippen LogP contribution is 2.28. The summed E-state index contributed by atoms with van der Waals surface area (Å²) in [5, 5.41) is -1.92. The standard InChI is InChI=1S/C4H9BrCl2Si/c1-2-3-4-8(5,6)7/h2-4H2,1H3. The van der Waals surface area contributed by atoms with Gasteiger partial charge < -0.3 is 0 Å². The predicted molar refractivity (Wildman–Crippen MR) is 46.1 cm³/mol. The first-order chi connectivity index (χ1) is 3.56. The molecule has 50 valence electrons. The number of hydrogen-bond donors (Lipinski definition) is 0. The Morgan fingerprint density at radius 1 is 1.50 bits per heavy atom. The van der Waals surface area contributed by atoms with Crippen LogP contribution in [0, 0.1) is 0 Å². The third-order valence-electron chi connectivity index (χ3n) is 0.814. The Morgan fingerprint density at radius 2 is 2.00 bits per heavy atom. The molecular formula is C4H9BrCl2Si. The highest BCUT2D eigenvalue weighted by molar-refractivity contribution is 9.29. The average molecular weight is 236 g/mol. The van der Waals surface area contributed by atoms with E-state index >= 15 is 0 Å². The van der Waals surface area contributed by atoms with E-state index in [1.165, 1.54) is 6.42 Å². The normalized spacial score (nSPS) is 12.0. The summed E-state index contributed by atoms with van der Waals surface area (Å²) in [5.41, 5.74) is 0. The largest absolute Gasteiger partial charge is 0.317 e. The fourth-order valence-electron chi connectivity index (χ4n) is 0.377. The lowest BCUT2D eigenvalue weighted by Gasteiger charge is -2.04. The average Bonchev–Trinajstić information content (AvgIpc) is 1.59. The minimum atomic E-state index is -1.92. The molecule has 0 aromatic carbocycles. The monoisotopic (exact) mass is 234 g/mol. The summed E-state index contributed by atoms with van der Waals surface area (Å²) in [7, 11) is 0. The van der Waals surface area contributed by atoms with Gasteiger partial charge in [0.25, 0.3) is 0 Å². The summed E-state index contributed by atoms with van der Waals surface area (Å²) in [4.78, 5) is 0. The van der Waals surface area contributed by atoms with Crippen LogP contribution in [0.4, 0.5) is 0 Å². The van der Waals surface area contributed by atoms with Crippen molar-refractivity contribution in [1.82, 2.24) is 0 Å². The van der Waals surface area contributed by atoms with E-state index in [4.69, 9.17) is 22.2 Å². The molecule has 0 saturated heterocycles. The van der Waals surface area contributed by atoms with Gasteiger partial charge >= 0.3 is 5.31 Å². The Balaban J connectivity index is 3.11. The summed E-state index contributed by atoms with van der Waals surface area (Å²) < 4.78 is 0. The van der Waals surface area contributed by atoms with Crippen LogP contribution in [0.5, 0.6) is 0 Å². The molecular weight excluding hydrogens is 227 g/mol. The number of unbranched alkanes of at least 4 members (excludes halogenated alkanes) is 1. The van der Waals surface area contributed by atoms with Crippen molar-refractivity contribution in [1.29, 1.82) is 0 Å². The van der Waals surface area contributed by atoms with Crippen LogP contribution < -0.4 is 0 Å². The maximum atomic E-state index is 5.73. The van der Waals surface area contributed by atoms with Gasteiger partial charge in [-0.2, -0.15) is 0 Å². The third kappa shape index (κ3) is 7.28. The van der Waals surface area contributed by atoms with Crippen molar-refractivity contribution in [2.75, 3.05) is 0 Å². The minimum absolute atomic E-state index is 0.951. The molecule has 0 radical (unpaired) electrons. The van der Waals surface area contributed by atoms with E-state index in [0.29, 0.717) is 0 Å². The summed E-state index contributed by atoms with van der Waals surface area (Å²) >= 11 is 14.7. The van der Waals surface area contributed by atoms with Crippen LogP contribution in [-0.4, -0.2) is 5.31 Å². The van der Waals surface area contributed by atoms with E-state index in [9.17, 15) is 0 Å². The van der Waals surface area contributed by atoms with Crippen LogP contribution in [0.1, 0.15) is 19.8 Å². The van der Waals surface area contributed by atoms with Crippen molar-refractivity contribution in [2.45, 2.75) is 25.8 Å². The maximum Gasteiger partial charge on any atom is 0.317 e. The van der Waals surface area contributed by atoms with Crippen LogP contribution >= 0.6 is 37.5 Å². The highest BCUT2D eigenvalue weighted by atomic mass is 79.9. The molecule has 0 aliphatic rings. The quantitative estimate of drug-likeness (QED) is 0.518. The zero-order chi connectivity index (χ0) is 6.62. The van der Waals surface area contributed by atoms with Crippen LogP contribution in [0.2, 0.25) is 6.04 Å². The van der Waals surface area contributed by atoms with Crippen LogP contribution in [-0.2, 0) is 0 Å². The second-order valence-corrected chi connectivity index (χ2v) is 14.7. The maximum absolute atomic E-state index is 5.73. The van der Waals surface area contributed by atoms with Crippen molar-refractivity contribution >= 4 is 42.8 Å². The second kappa shape index (κ2) is 4.15. The topological polar surface area (TPSA) is 0 Å². The molecule has 0 aliphatic carbocycles. The third-order valence-corrected chi connectivity index (χ3v) is 4.06. The first-order valence-electron chi connectivity index (χ1n) is 2.63. The molecule has 0 atom stereocenters. The van der Waals surface area contributed by atoms with Crippen molar-refractivity contribution in [3.8, 4) is 0 Å². The second-order valence-electron chi connectivity index (χ2n) is 1.72. The molecule has 0 amide bonds. The molecule has 0 N–H and O–H groups in total. The van der Waals surface area contributed by atoms with Gasteiger partial charge in [0.2, 0.25) is 0 Å². The zero-order valence-corrected chi connectivity index (χ0v) is 8.85. The van der Waals surface area contributed by atoms with Crippen LogP contribution in [0.25, 0.3) is 0 Å². The van der Waals surface area contributed by atoms with Gasteiger partial charge in [0.15, 0.2) is 0 Å². The van der Waals surface area contributed by atoms with Gasteiger partial charge in [-0.3, -0.25) is 0 Å². The molecule has 0 aromatic rings. The lowest BCUT2D eigenvalue weighted by Crippen LogP contribution is -2.06. The van der Waals surface area contributed by atoms with Gasteiger partial charge in [0.05, 0.1) is 0 Å². The Hall–Kier alpha value is 1.28. The summed E-state index contributed by atoms with van der Waals surface area (Å²) in [6.45, 7) is 2.13. The fraction of sp³-hybridized carbons (Fsp3) is 1.00. The molecule has 0 unspecified atom stereocenters. The van der Waals surface area contributed by atoms with Gasteiger partial charge in [0.1, 0.15) is 0 Å². The first-order valence-corrected chi connectivity index (χ1v) is 9.12. The lowest BCUT2D eigenvalue weighted by atomic mass is 10.4. The van der Waals surface area contributed by atoms with Crippen molar-refractivity contribution in [3.63, 3.8) is 0 Å². The molecule has 4 heteroatoms. The zero-order valence-electron chi connectivity index (χ0n) is 4.76. The molecule has 0 nitrogen and oxygen atoms in total. The summed E-state index contributed by atoms with van der Waals surface area (Å²) in [5.74, 6) is 0. The Kier molecular flexibility index (Phi) is 4.81.